The van der Waals surface area contributed by atoms with Crippen molar-refractivity contribution < 1.29 is 4.79 Å². The minimum absolute atomic E-state index is 0.218. The van der Waals surface area contributed by atoms with Crippen molar-refractivity contribution in [2.45, 2.75) is 5.92 Å². The zero-order valence-electron chi connectivity index (χ0n) is 9.21. The molecule has 1 atom stereocenters. The number of hydrogen-bond donors (Lipinski definition) is 1. The van der Waals surface area contributed by atoms with Gasteiger partial charge in [0.05, 0.1) is 0 Å². The number of pyridine rings is 1. The molecule has 3 nitrogen and oxygen atoms in total. The molecule has 1 heterocycles. The maximum atomic E-state index is 10.9. The number of rotatable bonds is 4. The van der Waals surface area contributed by atoms with Crippen molar-refractivity contribution in [3.05, 3.63) is 65.5 Å². The van der Waals surface area contributed by atoms with E-state index < -0.39 is 0 Å². The Balaban J connectivity index is 2.49. The molecule has 0 aliphatic carbocycles. The fourth-order valence-corrected chi connectivity index (χ4v) is 1.82. The second-order valence-electron chi connectivity index (χ2n) is 3.65. The van der Waals surface area contributed by atoms with Gasteiger partial charge in [-0.1, -0.05) is 36.4 Å². The van der Waals surface area contributed by atoms with Crippen molar-refractivity contribution in [1.29, 1.82) is 5.41 Å². The second kappa shape index (κ2) is 5.16. The maximum Gasteiger partial charge on any atom is 0.168 e. The first-order valence-electron chi connectivity index (χ1n) is 5.32. The Morgan fingerprint density at radius 3 is 2.53 bits per heavy atom. The van der Waals surface area contributed by atoms with Crippen molar-refractivity contribution >= 4 is 12.5 Å². The molecule has 2 rings (SSSR count). The molecule has 1 unspecified atom stereocenters. The van der Waals surface area contributed by atoms with E-state index in [9.17, 15) is 4.79 Å². The average molecular weight is 224 g/mol. The van der Waals surface area contributed by atoms with Crippen LogP contribution in [0.3, 0.4) is 0 Å². The molecule has 0 bridgehead atoms. The van der Waals surface area contributed by atoms with Crippen LogP contribution in [0.5, 0.6) is 0 Å². The average Bonchev–Trinajstić information content (AvgIpc) is 2.41. The Morgan fingerprint density at radius 1 is 1.12 bits per heavy atom. The Bertz CT molecular complexity index is 523. The Hall–Kier alpha value is -2.29. The van der Waals surface area contributed by atoms with E-state index in [1.165, 1.54) is 6.21 Å². The highest BCUT2D eigenvalue weighted by atomic mass is 16.1. The van der Waals surface area contributed by atoms with Gasteiger partial charge in [-0.05, 0) is 17.2 Å². The van der Waals surface area contributed by atoms with Crippen LogP contribution in [-0.4, -0.2) is 17.5 Å². The summed E-state index contributed by atoms with van der Waals surface area (Å²) in [5, 5.41) is 7.54. The van der Waals surface area contributed by atoms with Gasteiger partial charge in [0.15, 0.2) is 6.29 Å². The fraction of sp³-hybridized carbons (Fsp3) is 0.0714. The predicted molar refractivity (Wildman–Crippen MR) is 66.7 cm³/mol. The van der Waals surface area contributed by atoms with Crippen molar-refractivity contribution in [1.82, 2.24) is 4.98 Å². The van der Waals surface area contributed by atoms with E-state index in [4.69, 9.17) is 5.41 Å². The number of carbonyl (C=O) groups is 1. The minimum atomic E-state index is -0.218. The summed E-state index contributed by atoms with van der Waals surface area (Å²) in [6.45, 7) is 0. The minimum Gasteiger partial charge on any atom is -0.312 e. The molecule has 0 aliphatic rings. The Kier molecular flexibility index (Phi) is 3.40. The first-order valence-corrected chi connectivity index (χ1v) is 5.32. The molecule has 3 heteroatoms. The molecular formula is C14H12N2O. The van der Waals surface area contributed by atoms with Gasteiger partial charge in [0, 0.05) is 18.3 Å². The van der Waals surface area contributed by atoms with Gasteiger partial charge in [-0.3, -0.25) is 9.78 Å². The molecule has 84 valence electrons. The second-order valence-corrected chi connectivity index (χ2v) is 3.65. The predicted octanol–water partition coefficient (Wildman–Crippen LogP) is 2.68. The van der Waals surface area contributed by atoms with E-state index in [0.717, 1.165) is 17.4 Å². The smallest absolute Gasteiger partial charge is 0.168 e. The molecule has 0 spiro atoms. The highest BCUT2D eigenvalue weighted by molar-refractivity contribution is 5.80. The van der Waals surface area contributed by atoms with Crippen LogP contribution >= 0.6 is 0 Å². The number of aromatic nitrogens is 1. The standard InChI is InChI=1S/C14H12N2O/c15-9-13(11-5-2-1-3-6-11)12-7-4-8-16-14(12)10-17/h1-10,13,15H. The number of aldehydes is 1. The monoisotopic (exact) mass is 224 g/mol. The first kappa shape index (κ1) is 11.2. The molecule has 0 aliphatic heterocycles. The van der Waals surface area contributed by atoms with E-state index in [1.807, 2.05) is 36.4 Å². The van der Waals surface area contributed by atoms with Crippen LogP contribution in [-0.2, 0) is 0 Å². The highest BCUT2D eigenvalue weighted by Gasteiger charge is 2.15. The third-order valence-electron chi connectivity index (χ3n) is 2.64. The maximum absolute atomic E-state index is 10.9. The van der Waals surface area contributed by atoms with Gasteiger partial charge in [0.2, 0.25) is 0 Å². The van der Waals surface area contributed by atoms with Crippen molar-refractivity contribution in [3.8, 4) is 0 Å². The molecule has 0 saturated heterocycles. The summed E-state index contributed by atoms with van der Waals surface area (Å²) in [5.74, 6) is -0.218. The van der Waals surface area contributed by atoms with Gasteiger partial charge >= 0.3 is 0 Å². The van der Waals surface area contributed by atoms with Crippen molar-refractivity contribution in [2.24, 2.45) is 0 Å². The van der Waals surface area contributed by atoms with Crippen LogP contribution in [0.4, 0.5) is 0 Å². The van der Waals surface area contributed by atoms with Gasteiger partial charge in [0.25, 0.3) is 0 Å². The third-order valence-corrected chi connectivity index (χ3v) is 2.64. The summed E-state index contributed by atoms with van der Waals surface area (Å²) in [6, 6.07) is 13.3. The zero-order valence-corrected chi connectivity index (χ0v) is 9.21. The van der Waals surface area contributed by atoms with Crippen LogP contribution in [0.2, 0.25) is 0 Å². The number of benzene rings is 1. The van der Waals surface area contributed by atoms with Gasteiger partial charge in [-0.25, -0.2) is 0 Å². The van der Waals surface area contributed by atoms with Crippen LogP contribution in [0.1, 0.15) is 27.5 Å². The van der Waals surface area contributed by atoms with Crippen LogP contribution in [0.25, 0.3) is 0 Å². The van der Waals surface area contributed by atoms with E-state index in [1.54, 1.807) is 12.3 Å². The quantitative estimate of drug-likeness (QED) is 0.641. The zero-order chi connectivity index (χ0) is 12.1. The summed E-state index contributed by atoms with van der Waals surface area (Å²) in [5.41, 5.74) is 2.15. The lowest BCUT2D eigenvalue weighted by Gasteiger charge is -2.13. The third kappa shape index (κ3) is 2.28. The Morgan fingerprint density at radius 2 is 1.88 bits per heavy atom. The number of nitrogens with zero attached hydrogens (tertiary/aromatic N) is 1. The molecule has 17 heavy (non-hydrogen) atoms. The summed E-state index contributed by atoms with van der Waals surface area (Å²) in [4.78, 5) is 15.0. The van der Waals surface area contributed by atoms with Gasteiger partial charge < -0.3 is 5.41 Å². The number of hydrogen-bond acceptors (Lipinski definition) is 3. The van der Waals surface area contributed by atoms with E-state index in [2.05, 4.69) is 4.98 Å². The lowest BCUT2D eigenvalue weighted by molar-refractivity contribution is 0.111. The van der Waals surface area contributed by atoms with Gasteiger partial charge in [0.1, 0.15) is 5.69 Å². The number of carbonyl (C=O) groups excluding carboxylic acids is 1. The molecule has 0 saturated carbocycles. The number of nitrogens with one attached hydrogen (secondary N) is 1. The van der Waals surface area contributed by atoms with Crippen LogP contribution in [0.15, 0.2) is 48.7 Å². The van der Waals surface area contributed by atoms with E-state index in [-0.39, 0.29) is 5.92 Å². The highest BCUT2D eigenvalue weighted by Crippen LogP contribution is 2.23. The molecule has 1 aromatic carbocycles. The SMILES string of the molecule is N=CC(c1ccccc1)c1cccnc1C=O. The first-order chi connectivity index (χ1) is 8.36. The molecule has 1 aromatic heterocycles. The van der Waals surface area contributed by atoms with E-state index in [0.29, 0.717) is 5.69 Å². The topological polar surface area (TPSA) is 53.8 Å². The lowest BCUT2D eigenvalue weighted by Crippen LogP contribution is -2.06. The van der Waals surface area contributed by atoms with Crippen molar-refractivity contribution in [2.75, 3.05) is 0 Å². The molecule has 2 aromatic rings. The van der Waals surface area contributed by atoms with E-state index >= 15 is 0 Å². The summed E-state index contributed by atoms with van der Waals surface area (Å²) in [7, 11) is 0. The summed E-state index contributed by atoms with van der Waals surface area (Å²) < 4.78 is 0. The molecule has 1 N–H and O–H groups in total. The largest absolute Gasteiger partial charge is 0.312 e. The molecular weight excluding hydrogens is 212 g/mol. The summed E-state index contributed by atoms with van der Waals surface area (Å²) in [6.07, 6.45) is 3.65. The summed E-state index contributed by atoms with van der Waals surface area (Å²) >= 11 is 0. The van der Waals surface area contributed by atoms with Crippen LogP contribution in [0, 0.1) is 5.41 Å². The Labute approximate surface area is 99.6 Å². The molecule has 0 fully saturated rings. The van der Waals surface area contributed by atoms with Gasteiger partial charge in [-0.2, -0.15) is 0 Å². The normalized spacial score (nSPS) is 11.8. The van der Waals surface area contributed by atoms with Crippen molar-refractivity contribution in [3.63, 3.8) is 0 Å². The van der Waals surface area contributed by atoms with Crippen LogP contribution < -0.4 is 0 Å². The molecule has 0 radical (unpaired) electrons. The van der Waals surface area contributed by atoms with Gasteiger partial charge in [-0.15, -0.1) is 0 Å². The molecule has 0 amide bonds. The fourth-order valence-electron chi connectivity index (χ4n) is 1.82. The lowest BCUT2D eigenvalue weighted by atomic mass is 9.91.